The molecular formula is C27H29N3O4S. The first kappa shape index (κ1) is 24.5. The smallest absolute Gasteiger partial charge is 0.345 e. The first-order valence-corrected chi connectivity index (χ1v) is 12.1. The number of hydrogen-bond donors (Lipinski definition) is 1. The SMILES string of the molecule is CN(C)CCOc1ccc(-c2c(-c3ccccc3)c3sc(C(=O)O)cc3n2CC(=O)N(C)C)cc1. The summed E-state index contributed by atoms with van der Waals surface area (Å²) in [5, 5.41) is 9.66. The Hall–Kier alpha value is -3.62. The second-order valence-electron chi connectivity index (χ2n) is 8.77. The molecule has 182 valence electrons. The molecule has 4 rings (SSSR count). The highest BCUT2D eigenvalue weighted by Gasteiger charge is 2.25. The number of hydrogen-bond acceptors (Lipinski definition) is 5. The molecule has 2 aromatic carbocycles. The number of likely N-dealkylation sites (N-methyl/N-ethyl adjacent to an activating group) is 2. The Balaban J connectivity index is 1.89. The van der Waals surface area contributed by atoms with Gasteiger partial charge < -0.3 is 24.2 Å². The predicted octanol–water partition coefficient (Wildman–Crippen LogP) is 4.76. The maximum absolute atomic E-state index is 12.8. The van der Waals surface area contributed by atoms with Gasteiger partial charge >= 0.3 is 5.97 Å². The molecule has 0 aliphatic rings. The first-order valence-electron chi connectivity index (χ1n) is 11.3. The molecule has 0 aliphatic heterocycles. The number of thiophene rings is 1. The summed E-state index contributed by atoms with van der Waals surface area (Å²) in [7, 11) is 7.44. The Morgan fingerprint density at radius 3 is 2.26 bits per heavy atom. The highest BCUT2D eigenvalue weighted by molar-refractivity contribution is 7.21. The average molecular weight is 492 g/mol. The van der Waals surface area contributed by atoms with E-state index in [1.165, 1.54) is 11.3 Å². The molecule has 2 aromatic heterocycles. The number of aromatic nitrogens is 1. The van der Waals surface area contributed by atoms with Crippen molar-refractivity contribution in [1.82, 2.24) is 14.4 Å². The Morgan fingerprint density at radius 1 is 0.971 bits per heavy atom. The van der Waals surface area contributed by atoms with E-state index in [0.717, 1.165) is 44.9 Å². The highest BCUT2D eigenvalue weighted by Crippen LogP contribution is 2.45. The molecule has 35 heavy (non-hydrogen) atoms. The molecule has 0 saturated heterocycles. The molecule has 4 aromatic rings. The third-order valence-corrected chi connectivity index (χ3v) is 6.87. The van der Waals surface area contributed by atoms with Crippen LogP contribution in [0.25, 0.3) is 32.6 Å². The van der Waals surface area contributed by atoms with Gasteiger partial charge in [0.25, 0.3) is 0 Å². The van der Waals surface area contributed by atoms with Crippen LogP contribution >= 0.6 is 11.3 Å². The van der Waals surface area contributed by atoms with Crippen molar-refractivity contribution in [2.75, 3.05) is 41.3 Å². The molecule has 1 amide bonds. The topological polar surface area (TPSA) is 75.0 Å². The van der Waals surface area contributed by atoms with Crippen molar-refractivity contribution >= 4 is 33.4 Å². The lowest BCUT2D eigenvalue weighted by Crippen LogP contribution is -2.26. The third-order valence-electron chi connectivity index (χ3n) is 5.74. The predicted molar refractivity (Wildman–Crippen MR) is 140 cm³/mol. The zero-order valence-corrected chi connectivity index (χ0v) is 21.1. The quantitative estimate of drug-likeness (QED) is 0.365. The summed E-state index contributed by atoms with van der Waals surface area (Å²) in [6.45, 7) is 1.50. The van der Waals surface area contributed by atoms with Gasteiger partial charge in [-0.05, 0) is 55.6 Å². The zero-order chi connectivity index (χ0) is 25.1. The molecule has 0 aliphatic carbocycles. The van der Waals surface area contributed by atoms with Gasteiger partial charge in [-0.2, -0.15) is 0 Å². The largest absolute Gasteiger partial charge is 0.492 e. The van der Waals surface area contributed by atoms with Gasteiger partial charge in [0, 0.05) is 26.2 Å². The lowest BCUT2D eigenvalue weighted by molar-refractivity contribution is -0.129. The molecule has 8 heteroatoms. The fraction of sp³-hybridized carbons (Fsp3) is 0.259. The van der Waals surface area contributed by atoms with E-state index in [1.54, 1.807) is 25.1 Å². The van der Waals surface area contributed by atoms with E-state index < -0.39 is 5.97 Å². The van der Waals surface area contributed by atoms with E-state index in [0.29, 0.717) is 6.61 Å². The van der Waals surface area contributed by atoms with E-state index in [1.807, 2.05) is 73.3 Å². The van der Waals surface area contributed by atoms with Gasteiger partial charge in [-0.3, -0.25) is 4.79 Å². The van der Waals surface area contributed by atoms with E-state index in [2.05, 4.69) is 4.90 Å². The molecule has 7 nitrogen and oxygen atoms in total. The van der Waals surface area contributed by atoms with Crippen LogP contribution in [0, 0.1) is 0 Å². The molecule has 2 heterocycles. The number of benzene rings is 2. The molecule has 0 radical (unpaired) electrons. The maximum Gasteiger partial charge on any atom is 0.345 e. The number of fused-ring (bicyclic) bond motifs is 1. The Labute approximate surface area is 208 Å². The fourth-order valence-corrected chi connectivity index (χ4v) is 4.97. The van der Waals surface area contributed by atoms with Gasteiger partial charge in [-0.15, -0.1) is 11.3 Å². The summed E-state index contributed by atoms with van der Waals surface area (Å²) in [4.78, 5) is 28.5. The summed E-state index contributed by atoms with van der Waals surface area (Å²) >= 11 is 1.23. The monoisotopic (exact) mass is 491 g/mol. The molecule has 0 atom stereocenters. The minimum atomic E-state index is -0.975. The molecule has 0 unspecified atom stereocenters. The number of carbonyl (C=O) groups is 2. The van der Waals surface area contributed by atoms with E-state index >= 15 is 0 Å². The summed E-state index contributed by atoms with van der Waals surface area (Å²) in [6, 6.07) is 19.4. The van der Waals surface area contributed by atoms with Gasteiger partial charge in [0.15, 0.2) is 0 Å². The molecule has 0 saturated carbocycles. The second-order valence-corrected chi connectivity index (χ2v) is 9.82. The van der Waals surface area contributed by atoms with Crippen LogP contribution in [-0.2, 0) is 11.3 Å². The van der Waals surface area contributed by atoms with Crippen molar-refractivity contribution in [3.8, 4) is 28.1 Å². The standard InChI is InChI=1S/C27H29N3O4S/c1-28(2)14-15-34-20-12-10-19(11-13-20)25-24(18-8-6-5-7-9-18)26-21(16-22(35-26)27(32)33)30(25)17-23(31)29(3)4/h5-13,16H,14-15,17H2,1-4H3,(H,32,33). The molecule has 0 spiro atoms. The lowest BCUT2D eigenvalue weighted by Gasteiger charge is -2.16. The lowest BCUT2D eigenvalue weighted by atomic mass is 10.0. The van der Waals surface area contributed by atoms with Crippen LogP contribution in [-0.4, -0.2) is 72.7 Å². The number of rotatable bonds is 9. The first-order chi connectivity index (χ1) is 16.8. The summed E-state index contributed by atoms with van der Waals surface area (Å²) < 4.78 is 8.65. The summed E-state index contributed by atoms with van der Waals surface area (Å²) in [5.41, 5.74) is 4.43. The van der Waals surface area contributed by atoms with Crippen molar-refractivity contribution < 1.29 is 19.4 Å². The molecule has 0 fully saturated rings. The van der Waals surface area contributed by atoms with Crippen LogP contribution in [0.15, 0.2) is 60.7 Å². The van der Waals surface area contributed by atoms with Crippen LogP contribution in [0.5, 0.6) is 5.75 Å². The Bertz CT molecular complexity index is 1340. The number of ether oxygens (including phenoxy) is 1. The van der Waals surface area contributed by atoms with Crippen LogP contribution in [0.1, 0.15) is 9.67 Å². The van der Waals surface area contributed by atoms with Gasteiger partial charge in [-0.25, -0.2) is 4.79 Å². The molecular weight excluding hydrogens is 462 g/mol. The summed E-state index contributed by atoms with van der Waals surface area (Å²) in [5.74, 6) is -0.278. The zero-order valence-electron chi connectivity index (χ0n) is 20.3. The molecule has 1 N–H and O–H groups in total. The van der Waals surface area contributed by atoms with Gasteiger partial charge in [0.05, 0.1) is 15.9 Å². The number of carbonyl (C=O) groups excluding carboxylic acids is 1. The number of aromatic carboxylic acids is 1. The van der Waals surface area contributed by atoms with E-state index in [9.17, 15) is 14.7 Å². The highest BCUT2D eigenvalue weighted by atomic mass is 32.1. The fourth-order valence-electron chi connectivity index (χ4n) is 3.90. The van der Waals surface area contributed by atoms with Crippen LogP contribution in [0.4, 0.5) is 0 Å². The third kappa shape index (κ3) is 5.23. The average Bonchev–Trinajstić information content (AvgIpc) is 3.38. The van der Waals surface area contributed by atoms with Crippen molar-refractivity contribution in [3.05, 3.63) is 65.5 Å². The van der Waals surface area contributed by atoms with Crippen molar-refractivity contribution in [2.24, 2.45) is 0 Å². The second kappa shape index (κ2) is 10.3. The minimum absolute atomic E-state index is 0.0746. The van der Waals surface area contributed by atoms with Crippen LogP contribution < -0.4 is 4.74 Å². The van der Waals surface area contributed by atoms with E-state index in [-0.39, 0.29) is 17.3 Å². The van der Waals surface area contributed by atoms with Gasteiger partial charge in [0.1, 0.15) is 23.8 Å². The number of amides is 1. The van der Waals surface area contributed by atoms with Crippen molar-refractivity contribution in [3.63, 3.8) is 0 Å². The van der Waals surface area contributed by atoms with Crippen LogP contribution in [0.2, 0.25) is 0 Å². The normalized spacial score (nSPS) is 11.2. The van der Waals surface area contributed by atoms with Crippen molar-refractivity contribution in [1.29, 1.82) is 0 Å². The van der Waals surface area contributed by atoms with E-state index in [4.69, 9.17) is 4.74 Å². The van der Waals surface area contributed by atoms with Gasteiger partial charge in [-0.1, -0.05) is 30.3 Å². The molecule has 0 bridgehead atoms. The minimum Gasteiger partial charge on any atom is -0.492 e. The number of nitrogens with zero attached hydrogens (tertiary/aromatic N) is 3. The number of carboxylic acid groups (broad SMARTS) is 1. The Kier molecular flexibility index (Phi) is 7.23. The van der Waals surface area contributed by atoms with Crippen LogP contribution in [0.3, 0.4) is 0 Å². The summed E-state index contributed by atoms with van der Waals surface area (Å²) in [6.07, 6.45) is 0. The Morgan fingerprint density at radius 2 is 1.66 bits per heavy atom. The maximum atomic E-state index is 12.8. The number of carboxylic acids is 1. The van der Waals surface area contributed by atoms with Crippen molar-refractivity contribution in [2.45, 2.75) is 6.54 Å². The van der Waals surface area contributed by atoms with Gasteiger partial charge in [0.2, 0.25) is 5.91 Å².